The molecule has 0 spiro atoms. The van der Waals surface area contributed by atoms with Gasteiger partial charge in [0.2, 0.25) is 0 Å². The van der Waals surface area contributed by atoms with E-state index in [1.165, 1.54) is 12.1 Å². The van der Waals surface area contributed by atoms with Crippen LogP contribution < -0.4 is 16.0 Å². The number of hydrogen-bond acceptors (Lipinski definition) is 5. The molecule has 1 aromatic rings. The molecule has 0 saturated heterocycles. The Kier molecular flexibility index (Phi) is 2.45. The highest BCUT2D eigenvalue weighted by molar-refractivity contribution is 8.13. The van der Waals surface area contributed by atoms with Gasteiger partial charge in [-0.05, 0) is 24.3 Å². The Morgan fingerprint density at radius 2 is 1.60 bits per heavy atom. The smallest absolute Gasteiger partial charge is 0.261 e. The van der Waals surface area contributed by atoms with Crippen molar-refractivity contribution in [3.05, 3.63) is 36.7 Å². The van der Waals surface area contributed by atoms with E-state index < -0.39 is 9.05 Å². The van der Waals surface area contributed by atoms with Crippen LogP contribution in [-0.4, -0.2) is 8.42 Å². The maximum absolute atomic E-state index is 11.0. The first-order chi connectivity index (χ1) is 7.07. The van der Waals surface area contributed by atoms with Crippen molar-refractivity contribution < 1.29 is 8.42 Å². The third-order valence-electron chi connectivity index (χ3n) is 1.87. The van der Waals surface area contributed by atoms with Crippen LogP contribution in [-0.2, 0) is 9.05 Å². The van der Waals surface area contributed by atoms with E-state index in [1.807, 2.05) is 0 Å². The van der Waals surface area contributed by atoms with E-state index in [9.17, 15) is 8.42 Å². The summed E-state index contributed by atoms with van der Waals surface area (Å²) in [6.07, 6.45) is 3.43. The van der Waals surface area contributed by atoms with E-state index in [0.29, 0.717) is 0 Å². The van der Waals surface area contributed by atoms with Crippen LogP contribution in [0.5, 0.6) is 0 Å². The maximum atomic E-state index is 11.0. The van der Waals surface area contributed by atoms with Crippen LogP contribution in [0.3, 0.4) is 0 Å². The Labute approximate surface area is 91.7 Å². The van der Waals surface area contributed by atoms with Gasteiger partial charge < -0.3 is 0 Å². The number of nitrogens with zero attached hydrogens (tertiary/aromatic N) is 1. The molecule has 0 saturated carbocycles. The monoisotopic (exact) mass is 245 g/mol. The summed E-state index contributed by atoms with van der Waals surface area (Å²) in [6, 6.07) is 6.17. The summed E-state index contributed by atoms with van der Waals surface area (Å²) in [7, 11) is 1.54. The van der Waals surface area contributed by atoms with Crippen LogP contribution in [0.15, 0.2) is 41.6 Å². The molecule has 0 amide bonds. The highest BCUT2D eigenvalue weighted by atomic mass is 35.7. The number of nitrogens with one attached hydrogen (secondary N) is 2. The molecule has 80 valence electrons. The molecule has 1 heterocycles. The standard InChI is InChI=1S/C8H8ClN3O2S/c9-15(13,14)8-3-1-7(2-4-8)12-10-5-6-11-12/h1-6,10-11H. The van der Waals surface area contributed by atoms with Gasteiger partial charge in [-0.15, -0.1) is 0 Å². The summed E-state index contributed by atoms with van der Waals surface area (Å²) in [5, 5.41) is 1.63. The second kappa shape index (κ2) is 3.63. The molecule has 0 bridgehead atoms. The van der Waals surface area contributed by atoms with Gasteiger partial charge in [-0.3, -0.25) is 10.9 Å². The third-order valence-corrected chi connectivity index (χ3v) is 3.24. The van der Waals surface area contributed by atoms with Crippen LogP contribution in [0.2, 0.25) is 0 Å². The zero-order valence-electron chi connectivity index (χ0n) is 7.51. The largest absolute Gasteiger partial charge is 0.285 e. The molecule has 0 aliphatic carbocycles. The molecule has 2 rings (SSSR count). The van der Waals surface area contributed by atoms with E-state index in [0.717, 1.165) is 5.69 Å². The van der Waals surface area contributed by atoms with Gasteiger partial charge >= 0.3 is 0 Å². The minimum atomic E-state index is -3.65. The Hall–Kier alpha value is -1.40. The molecule has 5 nitrogen and oxygen atoms in total. The van der Waals surface area contributed by atoms with Gasteiger partial charge in [-0.2, -0.15) is 5.12 Å². The fourth-order valence-electron chi connectivity index (χ4n) is 1.17. The number of hydrogen-bond donors (Lipinski definition) is 2. The molecule has 2 N–H and O–H groups in total. The first-order valence-electron chi connectivity index (χ1n) is 4.09. The molecule has 0 unspecified atom stereocenters. The number of benzene rings is 1. The zero-order chi connectivity index (χ0) is 10.9. The first kappa shape index (κ1) is 10.1. The third kappa shape index (κ3) is 2.16. The molecule has 1 aliphatic rings. The molecular formula is C8H8ClN3O2S. The molecule has 7 heteroatoms. The van der Waals surface area contributed by atoms with E-state index in [4.69, 9.17) is 10.7 Å². The summed E-state index contributed by atoms with van der Waals surface area (Å²) >= 11 is 0. The van der Waals surface area contributed by atoms with Crippen molar-refractivity contribution in [1.29, 1.82) is 0 Å². The quantitative estimate of drug-likeness (QED) is 0.759. The Balaban J connectivity index is 2.24. The van der Waals surface area contributed by atoms with Crippen LogP contribution >= 0.6 is 10.7 Å². The molecule has 1 aromatic carbocycles. The topological polar surface area (TPSA) is 61.4 Å². The molecule has 0 radical (unpaired) electrons. The fraction of sp³-hybridized carbons (Fsp3) is 0. The SMILES string of the molecule is O=S(=O)(Cl)c1ccc(N2NC=CN2)cc1. The van der Waals surface area contributed by atoms with Crippen molar-refractivity contribution in [2.75, 3.05) is 5.12 Å². The normalized spacial score (nSPS) is 14.9. The average Bonchev–Trinajstić information content (AvgIpc) is 2.69. The van der Waals surface area contributed by atoms with Crippen molar-refractivity contribution in [2.24, 2.45) is 0 Å². The lowest BCUT2D eigenvalue weighted by Crippen LogP contribution is -2.37. The van der Waals surface area contributed by atoms with Crippen molar-refractivity contribution in [3.63, 3.8) is 0 Å². The minimum Gasteiger partial charge on any atom is -0.285 e. The van der Waals surface area contributed by atoms with Crippen LogP contribution in [0.25, 0.3) is 0 Å². The zero-order valence-corrected chi connectivity index (χ0v) is 9.09. The Morgan fingerprint density at radius 1 is 1.07 bits per heavy atom. The minimum absolute atomic E-state index is 0.0834. The second-order valence-electron chi connectivity index (χ2n) is 2.86. The molecule has 0 aromatic heterocycles. The maximum Gasteiger partial charge on any atom is 0.261 e. The highest BCUT2D eigenvalue weighted by Crippen LogP contribution is 2.19. The summed E-state index contributed by atoms with van der Waals surface area (Å²) in [4.78, 5) is 0.0834. The second-order valence-corrected chi connectivity index (χ2v) is 5.42. The van der Waals surface area contributed by atoms with Crippen molar-refractivity contribution >= 4 is 25.4 Å². The Morgan fingerprint density at radius 3 is 2.07 bits per heavy atom. The lowest BCUT2D eigenvalue weighted by molar-refractivity contribution is 0.609. The van der Waals surface area contributed by atoms with E-state index >= 15 is 0 Å². The number of rotatable bonds is 2. The summed E-state index contributed by atoms with van der Waals surface area (Å²) in [5.74, 6) is 0. The summed E-state index contributed by atoms with van der Waals surface area (Å²) in [5.41, 5.74) is 6.56. The lowest BCUT2D eigenvalue weighted by Gasteiger charge is -2.18. The fourth-order valence-corrected chi connectivity index (χ4v) is 1.94. The highest BCUT2D eigenvalue weighted by Gasteiger charge is 2.11. The van der Waals surface area contributed by atoms with Crippen LogP contribution in [0.4, 0.5) is 5.69 Å². The average molecular weight is 246 g/mol. The predicted molar refractivity (Wildman–Crippen MR) is 57.4 cm³/mol. The molecular weight excluding hydrogens is 238 g/mol. The van der Waals surface area contributed by atoms with Gasteiger partial charge in [0, 0.05) is 23.1 Å². The van der Waals surface area contributed by atoms with Crippen molar-refractivity contribution in [2.45, 2.75) is 4.90 Å². The number of halogens is 1. The molecule has 0 atom stereocenters. The van der Waals surface area contributed by atoms with E-state index in [2.05, 4.69) is 10.9 Å². The predicted octanol–water partition coefficient (Wildman–Crippen LogP) is 0.914. The lowest BCUT2D eigenvalue weighted by atomic mass is 10.3. The van der Waals surface area contributed by atoms with Gasteiger partial charge in [0.1, 0.15) is 0 Å². The van der Waals surface area contributed by atoms with Crippen molar-refractivity contribution in [3.8, 4) is 0 Å². The first-order valence-corrected chi connectivity index (χ1v) is 6.40. The van der Waals surface area contributed by atoms with Crippen LogP contribution in [0.1, 0.15) is 0 Å². The van der Waals surface area contributed by atoms with Crippen LogP contribution in [0, 0.1) is 0 Å². The summed E-state index contributed by atoms with van der Waals surface area (Å²) in [6.45, 7) is 0. The van der Waals surface area contributed by atoms with Gasteiger partial charge in [-0.25, -0.2) is 8.42 Å². The van der Waals surface area contributed by atoms with Gasteiger partial charge in [-0.1, -0.05) is 0 Å². The molecule has 0 fully saturated rings. The van der Waals surface area contributed by atoms with Gasteiger partial charge in [0.25, 0.3) is 9.05 Å². The molecule has 15 heavy (non-hydrogen) atoms. The van der Waals surface area contributed by atoms with Gasteiger partial charge in [0.15, 0.2) is 0 Å². The number of hydrazine groups is 2. The van der Waals surface area contributed by atoms with Crippen molar-refractivity contribution in [1.82, 2.24) is 10.9 Å². The van der Waals surface area contributed by atoms with E-state index in [1.54, 1.807) is 29.7 Å². The van der Waals surface area contributed by atoms with E-state index in [-0.39, 0.29) is 4.90 Å². The van der Waals surface area contributed by atoms with Gasteiger partial charge in [0.05, 0.1) is 10.6 Å². The molecule has 1 aliphatic heterocycles. The summed E-state index contributed by atoms with van der Waals surface area (Å²) < 4.78 is 21.9. The number of anilines is 1. The Bertz CT molecular complexity index is 475.